The van der Waals surface area contributed by atoms with E-state index in [1.165, 1.54) is 16.4 Å². The smallest absolute Gasteiger partial charge is 0.201 e. The molecule has 0 saturated carbocycles. The molecule has 0 aliphatic carbocycles. The van der Waals surface area contributed by atoms with E-state index in [0.717, 1.165) is 12.1 Å². The lowest BCUT2D eigenvalue weighted by atomic mass is 10.1. The van der Waals surface area contributed by atoms with Crippen molar-refractivity contribution in [2.45, 2.75) is 12.7 Å². The fourth-order valence-electron chi connectivity index (χ4n) is 1.68. The van der Waals surface area contributed by atoms with Crippen molar-refractivity contribution in [2.75, 3.05) is 13.1 Å². The van der Waals surface area contributed by atoms with Crippen molar-refractivity contribution in [1.29, 1.82) is 0 Å². The minimum atomic E-state index is -4.38. The number of nitrogens with one attached hydrogen (secondary N) is 1. The van der Waals surface area contributed by atoms with Crippen LogP contribution in [0.4, 0.5) is 13.2 Å². The van der Waals surface area contributed by atoms with Gasteiger partial charge in [-0.05, 0) is 17.7 Å². The largest absolute Gasteiger partial charge is 0.416 e. The molecular weight excluding hydrogens is 269 g/mol. The van der Waals surface area contributed by atoms with Gasteiger partial charge in [0.1, 0.15) is 0 Å². The molecule has 1 aromatic rings. The average Bonchev–Trinajstić information content (AvgIpc) is 2.58. The molecule has 0 radical (unpaired) electrons. The van der Waals surface area contributed by atoms with Crippen LogP contribution in [-0.2, 0) is 22.9 Å². The van der Waals surface area contributed by atoms with E-state index in [9.17, 15) is 21.6 Å². The van der Waals surface area contributed by atoms with Gasteiger partial charge in [-0.15, -0.1) is 0 Å². The Morgan fingerprint density at radius 1 is 1.22 bits per heavy atom. The van der Waals surface area contributed by atoms with Crippen molar-refractivity contribution >= 4 is 10.2 Å². The molecule has 1 heterocycles. The summed E-state index contributed by atoms with van der Waals surface area (Å²) in [6, 6.07) is 4.48. The Morgan fingerprint density at radius 3 is 2.28 bits per heavy atom. The first-order valence-corrected chi connectivity index (χ1v) is 6.64. The standard InChI is InChI=1S/C10H11F3N2O2S/c11-10(12,13)9-3-1-8(2-4-9)7-15-6-5-14-18(15,16)17/h1-4,14H,5-7H2. The second-order valence-corrected chi connectivity index (χ2v) is 5.68. The number of hydrogen-bond acceptors (Lipinski definition) is 2. The summed E-state index contributed by atoms with van der Waals surface area (Å²) >= 11 is 0. The molecule has 2 rings (SSSR count). The summed E-state index contributed by atoms with van der Waals surface area (Å²) in [4.78, 5) is 0. The molecule has 8 heteroatoms. The summed E-state index contributed by atoms with van der Waals surface area (Å²) < 4.78 is 63.4. The fourth-order valence-corrected chi connectivity index (χ4v) is 2.86. The Hall–Kier alpha value is -1.12. The lowest BCUT2D eigenvalue weighted by Crippen LogP contribution is -2.29. The molecule has 0 aromatic heterocycles. The van der Waals surface area contributed by atoms with Gasteiger partial charge in [0.25, 0.3) is 10.2 Å². The molecule has 0 spiro atoms. The van der Waals surface area contributed by atoms with E-state index in [1.807, 2.05) is 0 Å². The van der Waals surface area contributed by atoms with E-state index in [0.29, 0.717) is 18.7 Å². The molecule has 0 bridgehead atoms. The van der Waals surface area contributed by atoms with E-state index >= 15 is 0 Å². The molecule has 4 nitrogen and oxygen atoms in total. The van der Waals surface area contributed by atoms with Gasteiger partial charge in [0.2, 0.25) is 0 Å². The molecule has 0 amide bonds. The quantitative estimate of drug-likeness (QED) is 0.889. The van der Waals surface area contributed by atoms with E-state index in [4.69, 9.17) is 0 Å². The minimum Gasteiger partial charge on any atom is -0.201 e. The molecule has 0 atom stereocenters. The van der Waals surface area contributed by atoms with E-state index in [1.54, 1.807) is 0 Å². The van der Waals surface area contributed by atoms with Crippen LogP contribution in [0, 0.1) is 0 Å². The Bertz CT molecular complexity index is 525. The molecule has 1 fully saturated rings. The highest BCUT2D eigenvalue weighted by atomic mass is 32.2. The molecule has 1 aliphatic rings. The van der Waals surface area contributed by atoms with Crippen LogP contribution >= 0.6 is 0 Å². The van der Waals surface area contributed by atoms with Gasteiger partial charge in [-0.25, -0.2) is 4.72 Å². The van der Waals surface area contributed by atoms with Crippen LogP contribution in [0.3, 0.4) is 0 Å². The maximum absolute atomic E-state index is 12.3. The monoisotopic (exact) mass is 280 g/mol. The van der Waals surface area contributed by atoms with Gasteiger partial charge in [-0.1, -0.05) is 12.1 Å². The van der Waals surface area contributed by atoms with Gasteiger partial charge < -0.3 is 0 Å². The molecule has 18 heavy (non-hydrogen) atoms. The number of benzene rings is 1. The molecule has 100 valence electrons. The summed E-state index contributed by atoms with van der Waals surface area (Å²) in [7, 11) is -3.46. The first-order chi connectivity index (χ1) is 8.29. The van der Waals surface area contributed by atoms with Crippen molar-refractivity contribution in [3.05, 3.63) is 35.4 Å². The summed E-state index contributed by atoms with van der Waals surface area (Å²) in [6.07, 6.45) is -4.38. The lowest BCUT2D eigenvalue weighted by molar-refractivity contribution is -0.137. The van der Waals surface area contributed by atoms with Gasteiger partial charge in [-0.3, -0.25) is 0 Å². The average molecular weight is 280 g/mol. The van der Waals surface area contributed by atoms with Crippen LogP contribution in [-0.4, -0.2) is 25.8 Å². The van der Waals surface area contributed by atoms with Crippen molar-refractivity contribution in [2.24, 2.45) is 0 Å². The van der Waals surface area contributed by atoms with Crippen molar-refractivity contribution in [3.63, 3.8) is 0 Å². The maximum Gasteiger partial charge on any atom is 0.416 e. The second kappa shape index (κ2) is 4.52. The third-order valence-electron chi connectivity index (χ3n) is 2.63. The van der Waals surface area contributed by atoms with Gasteiger partial charge in [0.05, 0.1) is 5.56 Å². The fraction of sp³-hybridized carbons (Fsp3) is 0.400. The van der Waals surface area contributed by atoms with Crippen LogP contribution in [0.1, 0.15) is 11.1 Å². The predicted molar refractivity (Wildman–Crippen MR) is 58.8 cm³/mol. The molecule has 1 N–H and O–H groups in total. The number of halogens is 3. The van der Waals surface area contributed by atoms with Gasteiger partial charge in [0, 0.05) is 19.6 Å². The second-order valence-electron chi connectivity index (χ2n) is 3.93. The topological polar surface area (TPSA) is 49.4 Å². The van der Waals surface area contributed by atoms with Gasteiger partial charge in [-0.2, -0.15) is 25.9 Å². The molecule has 1 saturated heterocycles. The van der Waals surface area contributed by atoms with Crippen LogP contribution in [0.25, 0.3) is 0 Å². The van der Waals surface area contributed by atoms with E-state index in [-0.39, 0.29) is 6.54 Å². The third kappa shape index (κ3) is 2.82. The Kier molecular flexibility index (Phi) is 3.35. The van der Waals surface area contributed by atoms with Gasteiger partial charge >= 0.3 is 6.18 Å². The number of nitrogens with zero attached hydrogens (tertiary/aromatic N) is 1. The normalized spacial score (nSPS) is 20.2. The summed E-state index contributed by atoms with van der Waals surface area (Å²) in [6.45, 7) is 0.722. The Labute approximate surface area is 103 Å². The van der Waals surface area contributed by atoms with Crippen LogP contribution in [0.15, 0.2) is 24.3 Å². The first-order valence-electron chi connectivity index (χ1n) is 5.20. The zero-order valence-corrected chi connectivity index (χ0v) is 10.1. The molecule has 1 aromatic carbocycles. The minimum absolute atomic E-state index is 0.0769. The van der Waals surface area contributed by atoms with Crippen molar-refractivity contribution in [3.8, 4) is 0 Å². The number of hydrogen-bond donors (Lipinski definition) is 1. The summed E-state index contributed by atoms with van der Waals surface area (Å²) in [5, 5.41) is 0. The Morgan fingerprint density at radius 2 is 1.83 bits per heavy atom. The highest BCUT2D eigenvalue weighted by molar-refractivity contribution is 7.87. The molecule has 1 aliphatic heterocycles. The van der Waals surface area contributed by atoms with Crippen LogP contribution in [0.2, 0.25) is 0 Å². The maximum atomic E-state index is 12.3. The first kappa shape index (κ1) is 13.3. The lowest BCUT2D eigenvalue weighted by Gasteiger charge is -2.14. The predicted octanol–water partition coefficient (Wildman–Crippen LogP) is 1.36. The highest BCUT2D eigenvalue weighted by Crippen LogP contribution is 2.29. The van der Waals surface area contributed by atoms with Crippen molar-refractivity contribution in [1.82, 2.24) is 9.03 Å². The molecular formula is C10H11F3N2O2S. The SMILES string of the molecule is O=S1(=O)NCCN1Cc1ccc(C(F)(F)F)cc1. The van der Waals surface area contributed by atoms with E-state index in [2.05, 4.69) is 4.72 Å². The number of alkyl halides is 3. The number of rotatable bonds is 2. The van der Waals surface area contributed by atoms with Crippen LogP contribution < -0.4 is 4.72 Å². The van der Waals surface area contributed by atoms with Crippen LogP contribution in [0.5, 0.6) is 0 Å². The summed E-state index contributed by atoms with van der Waals surface area (Å²) in [5.74, 6) is 0. The summed E-state index contributed by atoms with van der Waals surface area (Å²) in [5.41, 5.74) is -0.219. The molecule has 0 unspecified atom stereocenters. The third-order valence-corrected chi connectivity index (χ3v) is 4.19. The van der Waals surface area contributed by atoms with Gasteiger partial charge in [0.15, 0.2) is 0 Å². The zero-order valence-electron chi connectivity index (χ0n) is 9.24. The van der Waals surface area contributed by atoms with E-state index < -0.39 is 21.9 Å². The van der Waals surface area contributed by atoms with Crippen molar-refractivity contribution < 1.29 is 21.6 Å². The Balaban J connectivity index is 2.12. The highest BCUT2D eigenvalue weighted by Gasteiger charge is 2.31. The zero-order chi connectivity index (χ0) is 13.4.